The van der Waals surface area contributed by atoms with Crippen molar-refractivity contribution in [2.45, 2.75) is 42.3 Å². The van der Waals surface area contributed by atoms with E-state index < -0.39 is 35.4 Å². The van der Waals surface area contributed by atoms with Crippen LogP contribution in [-0.4, -0.2) is 46.5 Å². The van der Waals surface area contributed by atoms with Gasteiger partial charge in [-0.2, -0.15) is 13.2 Å². The van der Waals surface area contributed by atoms with Crippen LogP contribution in [-0.2, 0) is 20.9 Å². The molecule has 0 aromatic heterocycles. The van der Waals surface area contributed by atoms with Gasteiger partial charge >= 0.3 is 6.18 Å². The van der Waals surface area contributed by atoms with E-state index in [9.17, 15) is 23.1 Å². The zero-order valence-electron chi connectivity index (χ0n) is 17.5. The third kappa shape index (κ3) is 3.74. The minimum absolute atomic E-state index is 0.0302. The van der Waals surface area contributed by atoms with Gasteiger partial charge in [-0.3, -0.25) is 4.79 Å². The second-order valence-electron chi connectivity index (χ2n) is 9.02. The van der Waals surface area contributed by atoms with E-state index in [2.05, 4.69) is 5.16 Å². The van der Waals surface area contributed by atoms with Crippen LogP contribution in [0.25, 0.3) is 0 Å². The lowest BCUT2D eigenvalue weighted by Crippen LogP contribution is -2.61. The summed E-state index contributed by atoms with van der Waals surface area (Å²) in [5.41, 5.74) is -5.52. The summed E-state index contributed by atoms with van der Waals surface area (Å²) >= 11 is 11.8. The molecule has 1 aliphatic carbocycles. The summed E-state index contributed by atoms with van der Waals surface area (Å²) in [6.45, 7) is -0.380. The standard InChI is InChI=1S/C23H18Cl2F4N2O3/c24-16-7-15(8-17(25)9-16)22(23(27,28)29)10-18(30-34-22)13-1-3-14(4-2-13)20(26)11-31(12-20)19(32)21(33)5-6-21/h1-4,7-9,33H,5-6,10-12H2. The number of hydrogen-bond acceptors (Lipinski definition) is 4. The van der Waals surface area contributed by atoms with Gasteiger partial charge in [0.15, 0.2) is 5.67 Å². The Balaban J connectivity index is 1.34. The Morgan fingerprint density at radius 1 is 1.03 bits per heavy atom. The fraction of sp³-hybridized carbons (Fsp3) is 0.391. The van der Waals surface area contributed by atoms with Gasteiger partial charge in [-0.1, -0.05) is 52.6 Å². The second kappa shape index (κ2) is 7.57. The molecule has 0 spiro atoms. The Bertz CT molecular complexity index is 1170. The van der Waals surface area contributed by atoms with Gasteiger partial charge in [0, 0.05) is 22.0 Å². The summed E-state index contributed by atoms with van der Waals surface area (Å²) in [6, 6.07) is 9.43. The van der Waals surface area contributed by atoms with Gasteiger partial charge in [0.05, 0.1) is 18.8 Å². The monoisotopic (exact) mass is 516 g/mol. The van der Waals surface area contributed by atoms with Crippen LogP contribution < -0.4 is 0 Å². The predicted octanol–water partition coefficient (Wildman–Crippen LogP) is 5.11. The van der Waals surface area contributed by atoms with Crippen LogP contribution in [0.1, 0.15) is 36.0 Å². The highest BCUT2D eigenvalue weighted by Crippen LogP contribution is 2.50. The fourth-order valence-corrected chi connectivity index (χ4v) is 4.84. The Morgan fingerprint density at radius 3 is 2.15 bits per heavy atom. The van der Waals surface area contributed by atoms with Crippen molar-refractivity contribution in [2.75, 3.05) is 13.1 Å². The third-order valence-electron chi connectivity index (χ3n) is 6.54. The molecule has 2 aliphatic heterocycles. The molecule has 1 saturated carbocycles. The minimum Gasteiger partial charge on any atom is -0.380 e. The smallest absolute Gasteiger partial charge is 0.380 e. The number of likely N-dealkylation sites (tertiary alicyclic amines) is 1. The number of hydrogen-bond donors (Lipinski definition) is 1. The maximum Gasteiger partial charge on any atom is 0.435 e. The first-order chi connectivity index (χ1) is 15.9. The van der Waals surface area contributed by atoms with Crippen molar-refractivity contribution in [3.63, 3.8) is 0 Å². The minimum atomic E-state index is -4.82. The number of rotatable bonds is 4. The van der Waals surface area contributed by atoms with E-state index in [-0.39, 0.29) is 40.0 Å². The van der Waals surface area contributed by atoms with Crippen molar-refractivity contribution in [3.05, 3.63) is 69.2 Å². The maximum absolute atomic E-state index is 15.2. The zero-order chi connectivity index (χ0) is 24.5. The van der Waals surface area contributed by atoms with Crippen molar-refractivity contribution >= 4 is 34.8 Å². The molecule has 11 heteroatoms. The van der Waals surface area contributed by atoms with Crippen molar-refractivity contribution in [3.8, 4) is 0 Å². The first-order valence-corrected chi connectivity index (χ1v) is 11.2. The third-order valence-corrected chi connectivity index (χ3v) is 6.98. The molecule has 1 saturated heterocycles. The average Bonchev–Trinajstić information content (AvgIpc) is 3.32. The summed E-state index contributed by atoms with van der Waals surface area (Å²) < 4.78 is 57.6. The van der Waals surface area contributed by atoms with Crippen molar-refractivity contribution < 1.29 is 32.3 Å². The van der Waals surface area contributed by atoms with Crippen LogP contribution >= 0.6 is 23.2 Å². The van der Waals surface area contributed by atoms with Gasteiger partial charge in [0.1, 0.15) is 5.60 Å². The van der Waals surface area contributed by atoms with Crippen LogP contribution in [0.5, 0.6) is 0 Å². The van der Waals surface area contributed by atoms with E-state index in [0.717, 1.165) is 12.1 Å². The molecule has 180 valence electrons. The van der Waals surface area contributed by atoms with Crippen molar-refractivity contribution in [1.29, 1.82) is 0 Å². The molecule has 0 radical (unpaired) electrons. The number of aliphatic hydroxyl groups is 1. The number of carbonyl (C=O) groups is 1. The Morgan fingerprint density at radius 2 is 1.62 bits per heavy atom. The lowest BCUT2D eigenvalue weighted by Gasteiger charge is -2.45. The largest absolute Gasteiger partial charge is 0.435 e. The molecule has 5 nitrogen and oxygen atoms in total. The van der Waals surface area contributed by atoms with Crippen LogP contribution in [0, 0.1) is 0 Å². The SMILES string of the molecule is O=C(N1CC(F)(c2ccc(C3=NOC(c4cc(Cl)cc(Cl)c4)(C(F)(F)F)C3)cc2)C1)C1(O)CC1. The Hall–Kier alpha value is -2.36. The first kappa shape index (κ1) is 23.4. The van der Waals surface area contributed by atoms with Crippen molar-refractivity contribution in [1.82, 2.24) is 4.90 Å². The van der Waals surface area contributed by atoms with Gasteiger partial charge < -0.3 is 14.8 Å². The number of benzene rings is 2. The van der Waals surface area contributed by atoms with Crippen LogP contribution in [0.2, 0.25) is 10.0 Å². The van der Waals surface area contributed by atoms with Gasteiger partial charge in [-0.05, 0) is 42.2 Å². The molecule has 1 atom stereocenters. The van der Waals surface area contributed by atoms with E-state index in [1.54, 1.807) is 0 Å². The molecule has 1 unspecified atom stereocenters. The zero-order valence-corrected chi connectivity index (χ0v) is 19.0. The number of carbonyl (C=O) groups excluding carboxylic acids is 1. The normalized spacial score (nSPS) is 24.8. The molecule has 5 rings (SSSR count). The highest BCUT2D eigenvalue weighted by atomic mass is 35.5. The van der Waals surface area contributed by atoms with E-state index in [0.29, 0.717) is 18.4 Å². The van der Waals surface area contributed by atoms with Gasteiger partial charge in [0.25, 0.3) is 11.5 Å². The van der Waals surface area contributed by atoms with E-state index in [4.69, 9.17) is 28.0 Å². The molecule has 0 bridgehead atoms. The number of nitrogens with zero attached hydrogens (tertiary/aromatic N) is 2. The Labute approximate surface area is 201 Å². The lowest BCUT2D eigenvalue weighted by molar-refractivity contribution is -0.275. The van der Waals surface area contributed by atoms with Gasteiger partial charge in [0.2, 0.25) is 0 Å². The number of alkyl halides is 4. The predicted molar refractivity (Wildman–Crippen MR) is 116 cm³/mol. The number of amides is 1. The van der Waals surface area contributed by atoms with Crippen LogP contribution in [0.4, 0.5) is 17.6 Å². The molecule has 34 heavy (non-hydrogen) atoms. The molecule has 1 N–H and O–H groups in total. The average molecular weight is 517 g/mol. The molecular formula is C23H18Cl2F4N2O3. The van der Waals surface area contributed by atoms with E-state index in [1.807, 2.05) is 0 Å². The molecule has 3 aliphatic rings. The molecule has 2 heterocycles. The van der Waals surface area contributed by atoms with E-state index in [1.165, 1.54) is 35.2 Å². The summed E-state index contributed by atoms with van der Waals surface area (Å²) in [5, 5.41) is 13.7. The summed E-state index contributed by atoms with van der Waals surface area (Å²) in [5.74, 6) is -0.473. The molecule has 2 aromatic carbocycles. The Kier molecular flexibility index (Phi) is 5.21. The molecule has 2 aromatic rings. The highest BCUT2D eigenvalue weighted by molar-refractivity contribution is 6.34. The summed E-state index contributed by atoms with van der Waals surface area (Å²) in [6.07, 6.45) is -4.68. The number of oxime groups is 1. The second-order valence-corrected chi connectivity index (χ2v) is 9.90. The fourth-order valence-electron chi connectivity index (χ4n) is 4.32. The number of halogens is 6. The topological polar surface area (TPSA) is 62.1 Å². The van der Waals surface area contributed by atoms with Gasteiger partial charge in [-0.25, -0.2) is 4.39 Å². The van der Waals surface area contributed by atoms with Crippen LogP contribution in [0.3, 0.4) is 0 Å². The molecule has 1 amide bonds. The van der Waals surface area contributed by atoms with Crippen molar-refractivity contribution in [2.24, 2.45) is 5.16 Å². The highest BCUT2D eigenvalue weighted by Gasteiger charge is 2.62. The maximum atomic E-state index is 15.2. The van der Waals surface area contributed by atoms with Gasteiger partial charge in [-0.15, -0.1) is 0 Å². The first-order valence-electron chi connectivity index (χ1n) is 10.5. The van der Waals surface area contributed by atoms with Crippen LogP contribution in [0.15, 0.2) is 47.6 Å². The molecule has 2 fully saturated rings. The summed E-state index contributed by atoms with van der Waals surface area (Å²) in [7, 11) is 0. The quantitative estimate of drug-likeness (QED) is 0.574. The summed E-state index contributed by atoms with van der Waals surface area (Å²) in [4.78, 5) is 18.4. The molecular weight excluding hydrogens is 499 g/mol. The van der Waals surface area contributed by atoms with E-state index >= 15 is 4.39 Å². The lowest BCUT2D eigenvalue weighted by atomic mass is 9.84.